The van der Waals surface area contributed by atoms with Gasteiger partial charge >= 0.3 is 0 Å². The Balaban J connectivity index is 2.09. The van der Waals surface area contributed by atoms with E-state index in [1.807, 2.05) is 0 Å². The number of anilines is 1. The molecule has 0 saturated carbocycles. The van der Waals surface area contributed by atoms with Crippen molar-refractivity contribution in [3.05, 3.63) is 29.3 Å². The maximum absolute atomic E-state index is 12.7. The van der Waals surface area contributed by atoms with Gasteiger partial charge in [0.1, 0.15) is 5.54 Å². The van der Waals surface area contributed by atoms with Crippen LogP contribution in [0.4, 0.5) is 5.69 Å². The van der Waals surface area contributed by atoms with E-state index in [1.165, 1.54) is 13.0 Å². The van der Waals surface area contributed by atoms with Crippen LogP contribution in [0.2, 0.25) is 0 Å². The molecule has 0 radical (unpaired) electrons. The quantitative estimate of drug-likeness (QED) is 0.633. The number of hydrogen-bond acceptors (Lipinski definition) is 6. The van der Waals surface area contributed by atoms with Gasteiger partial charge in [-0.3, -0.25) is 24.1 Å². The minimum atomic E-state index is -1.67. The van der Waals surface area contributed by atoms with Gasteiger partial charge in [0.15, 0.2) is 12.0 Å². The van der Waals surface area contributed by atoms with Crippen LogP contribution in [-0.2, 0) is 9.59 Å². The molecule has 0 bridgehead atoms. The summed E-state index contributed by atoms with van der Waals surface area (Å²) in [5.74, 6) is -2.68. The molecule has 0 aliphatic carbocycles. The van der Waals surface area contributed by atoms with Crippen LogP contribution in [0.15, 0.2) is 18.2 Å². The largest absolute Gasteiger partial charge is 0.387 e. The first-order chi connectivity index (χ1) is 10.8. The molecule has 2 aliphatic rings. The maximum atomic E-state index is 12.7. The lowest BCUT2D eigenvalue weighted by atomic mass is 9.88. The number of ketones is 1. The zero-order valence-electron chi connectivity index (χ0n) is 12.5. The number of Topliss-reactive ketones (excluding diaryl/α,β-unsaturated/α-hetero) is 1. The highest BCUT2D eigenvalue weighted by Crippen LogP contribution is 2.36. The van der Waals surface area contributed by atoms with Gasteiger partial charge in [-0.2, -0.15) is 0 Å². The van der Waals surface area contributed by atoms with Crippen molar-refractivity contribution in [3.8, 4) is 0 Å². The second kappa shape index (κ2) is 4.88. The Morgan fingerprint density at radius 2 is 1.96 bits per heavy atom. The molecule has 1 fully saturated rings. The third kappa shape index (κ3) is 1.95. The molecule has 8 heteroatoms. The molecule has 2 atom stereocenters. The standard InChI is InChI=1S/C15H15N3O5/c1-15(6-9(19)11(20)17-14(15)23)18-12(21)7-4-3-5-8(16-2)10(7)13(18)22/h3-5,11,16,20H,6H2,1-2H3,(H,17,23). The van der Waals surface area contributed by atoms with Crippen LogP contribution in [0.5, 0.6) is 0 Å². The van der Waals surface area contributed by atoms with Gasteiger partial charge in [0.25, 0.3) is 11.8 Å². The fourth-order valence-electron chi connectivity index (χ4n) is 3.00. The van der Waals surface area contributed by atoms with E-state index in [2.05, 4.69) is 10.6 Å². The molecule has 23 heavy (non-hydrogen) atoms. The SMILES string of the molecule is CNc1cccc2c1C(=O)N(C1(C)CC(=O)C(O)NC1=O)C2=O. The van der Waals surface area contributed by atoms with Crippen molar-refractivity contribution in [2.75, 3.05) is 12.4 Å². The average Bonchev–Trinajstić information content (AvgIpc) is 2.77. The Morgan fingerprint density at radius 3 is 2.61 bits per heavy atom. The number of nitrogens with zero attached hydrogens (tertiary/aromatic N) is 1. The van der Waals surface area contributed by atoms with Crippen LogP contribution in [0.25, 0.3) is 0 Å². The Labute approximate surface area is 131 Å². The molecule has 2 heterocycles. The Hall–Kier alpha value is -2.74. The molecule has 8 nitrogen and oxygen atoms in total. The molecule has 3 amide bonds. The number of rotatable bonds is 2. The summed E-state index contributed by atoms with van der Waals surface area (Å²) in [7, 11) is 1.62. The number of piperidine rings is 1. The molecule has 0 spiro atoms. The van der Waals surface area contributed by atoms with Crippen molar-refractivity contribution in [1.29, 1.82) is 0 Å². The topological polar surface area (TPSA) is 116 Å². The number of amides is 3. The number of aliphatic hydroxyl groups is 1. The van der Waals surface area contributed by atoms with E-state index in [1.54, 1.807) is 19.2 Å². The number of carbonyl (C=O) groups excluding carboxylic acids is 4. The molecule has 1 aromatic carbocycles. The third-order valence-corrected chi connectivity index (χ3v) is 4.26. The maximum Gasteiger partial charge on any atom is 0.264 e. The molecule has 2 unspecified atom stereocenters. The van der Waals surface area contributed by atoms with Gasteiger partial charge in [-0.15, -0.1) is 0 Å². The lowest BCUT2D eigenvalue weighted by molar-refractivity contribution is -0.149. The van der Waals surface area contributed by atoms with Crippen molar-refractivity contribution < 1.29 is 24.3 Å². The zero-order chi connectivity index (χ0) is 16.9. The molecule has 2 aliphatic heterocycles. The fourth-order valence-corrected chi connectivity index (χ4v) is 3.00. The average molecular weight is 317 g/mol. The van der Waals surface area contributed by atoms with E-state index in [0.717, 1.165) is 4.90 Å². The van der Waals surface area contributed by atoms with Gasteiger partial charge < -0.3 is 15.7 Å². The number of benzene rings is 1. The first-order valence-electron chi connectivity index (χ1n) is 7.02. The smallest absolute Gasteiger partial charge is 0.264 e. The number of fused-ring (bicyclic) bond motifs is 1. The highest BCUT2D eigenvalue weighted by Gasteiger charge is 2.55. The molecule has 1 aromatic rings. The Kier molecular flexibility index (Phi) is 3.22. The highest BCUT2D eigenvalue weighted by molar-refractivity contribution is 6.26. The molecule has 120 valence electrons. The van der Waals surface area contributed by atoms with Crippen LogP contribution < -0.4 is 10.6 Å². The van der Waals surface area contributed by atoms with Crippen molar-refractivity contribution in [2.45, 2.75) is 25.1 Å². The van der Waals surface area contributed by atoms with E-state index >= 15 is 0 Å². The van der Waals surface area contributed by atoms with Crippen molar-refractivity contribution >= 4 is 29.2 Å². The van der Waals surface area contributed by atoms with Gasteiger partial charge in [0.05, 0.1) is 11.1 Å². The number of aliphatic hydroxyl groups excluding tert-OH is 1. The minimum Gasteiger partial charge on any atom is -0.387 e. The molecule has 0 aromatic heterocycles. The first kappa shape index (κ1) is 15.2. The summed E-state index contributed by atoms with van der Waals surface area (Å²) in [6.45, 7) is 1.34. The number of nitrogens with one attached hydrogen (secondary N) is 2. The normalized spacial score (nSPS) is 27.1. The summed E-state index contributed by atoms with van der Waals surface area (Å²) in [5.41, 5.74) is -0.856. The number of hydrogen-bond donors (Lipinski definition) is 3. The predicted molar refractivity (Wildman–Crippen MR) is 78.7 cm³/mol. The molecule has 3 rings (SSSR count). The third-order valence-electron chi connectivity index (χ3n) is 4.26. The highest BCUT2D eigenvalue weighted by atomic mass is 16.3. The van der Waals surface area contributed by atoms with Crippen LogP contribution >= 0.6 is 0 Å². The van der Waals surface area contributed by atoms with Crippen molar-refractivity contribution in [3.63, 3.8) is 0 Å². The molecular formula is C15H15N3O5. The lowest BCUT2D eigenvalue weighted by Crippen LogP contribution is -2.66. The summed E-state index contributed by atoms with van der Waals surface area (Å²) in [6, 6.07) is 4.76. The van der Waals surface area contributed by atoms with Crippen LogP contribution in [-0.4, -0.2) is 52.3 Å². The van der Waals surface area contributed by atoms with Gasteiger partial charge in [0, 0.05) is 19.2 Å². The predicted octanol–water partition coefficient (Wildman–Crippen LogP) is -0.510. The van der Waals surface area contributed by atoms with Crippen molar-refractivity contribution in [2.24, 2.45) is 0 Å². The minimum absolute atomic E-state index is 0.174. The van der Waals surface area contributed by atoms with Gasteiger partial charge in [-0.05, 0) is 19.1 Å². The van der Waals surface area contributed by atoms with E-state index < -0.39 is 41.7 Å². The second-order valence-corrected chi connectivity index (χ2v) is 5.72. The number of carbonyl (C=O) groups is 4. The van der Waals surface area contributed by atoms with E-state index in [-0.39, 0.29) is 11.1 Å². The molecule has 1 saturated heterocycles. The summed E-state index contributed by atoms with van der Waals surface area (Å²) in [5, 5.41) is 14.4. The number of imide groups is 1. The second-order valence-electron chi connectivity index (χ2n) is 5.72. The van der Waals surface area contributed by atoms with Gasteiger partial charge in [-0.25, -0.2) is 0 Å². The molecule has 3 N–H and O–H groups in total. The van der Waals surface area contributed by atoms with Gasteiger partial charge in [-0.1, -0.05) is 6.07 Å². The van der Waals surface area contributed by atoms with E-state index in [9.17, 15) is 24.3 Å². The fraction of sp³-hybridized carbons (Fsp3) is 0.333. The Bertz CT molecular complexity index is 759. The first-order valence-corrected chi connectivity index (χ1v) is 7.02. The summed E-state index contributed by atoms with van der Waals surface area (Å²) < 4.78 is 0. The lowest BCUT2D eigenvalue weighted by Gasteiger charge is -2.39. The zero-order valence-corrected chi connectivity index (χ0v) is 12.5. The summed E-state index contributed by atoms with van der Waals surface area (Å²) in [6.07, 6.45) is -2.04. The summed E-state index contributed by atoms with van der Waals surface area (Å²) >= 11 is 0. The molecular weight excluding hydrogens is 302 g/mol. The van der Waals surface area contributed by atoms with Gasteiger partial charge in [0.2, 0.25) is 5.91 Å². The Morgan fingerprint density at radius 1 is 1.26 bits per heavy atom. The monoisotopic (exact) mass is 317 g/mol. The van der Waals surface area contributed by atoms with Crippen LogP contribution in [0, 0.1) is 0 Å². The van der Waals surface area contributed by atoms with Crippen LogP contribution in [0.3, 0.4) is 0 Å². The van der Waals surface area contributed by atoms with Crippen LogP contribution in [0.1, 0.15) is 34.1 Å². The van der Waals surface area contributed by atoms with E-state index in [4.69, 9.17) is 0 Å². The summed E-state index contributed by atoms with van der Waals surface area (Å²) in [4.78, 5) is 50.2. The van der Waals surface area contributed by atoms with E-state index in [0.29, 0.717) is 5.69 Å². The van der Waals surface area contributed by atoms with Crippen molar-refractivity contribution in [1.82, 2.24) is 10.2 Å².